The van der Waals surface area contributed by atoms with E-state index in [4.69, 9.17) is 5.11 Å². The quantitative estimate of drug-likeness (QED) is 0.671. The van der Waals surface area contributed by atoms with Crippen molar-refractivity contribution in [3.05, 3.63) is 24.0 Å². The third kappa shape index (κ3) is 1.51. The lowest BCUT2D eigenvalue weighted by Crippen LogP contribution is -2.02. The summed E-state index contributed by atoms with van der Waals surface area (Å²) in [6.07, 6.45) is 1.70. The van der Waals surface area contributed by atoms with Crippen LogP contribution in [0.1, 0.15) is 10.5 Å². The number of aromatic carboxylic acids is 1. The average molecular weight is 162 g/mol. The maximum atomic E-state index is 10.3. The first kappa shape index (κ1) is 9.04. The van der Waals surface area contributed by atoms with Gasteiger partial charge in [-0.25, -0.2) is 4.79 Å². The molecule has 0 aliphatic carbocycles. The smallest absolute Gasteiger partial charge is 0.352 e. The van der Waals surface area contributed by atoms with E-state index in [9.17, 15) is 4.79 Å². The number of carboxylic acids is 1. The van der Waals surface area contributed by atoms with Gasteiger partial charge in [-0.05, 0) is 12.1 Å². The Morgan fingerprint density at radius 1 is 1.70 bits per heavy atom. The van der Waals surface area contributed by atoms with Crippen LogP contribution in [0.25, 0.3) is 0 Å². The Kier molecular flexibility index (Phi) is 2.96. The van der Waals surface area contributed by atoms with Crippen LogP contribution in [-0.4, -0.2) is 15.6 Å². The van der Waals surface area contributed by atoms with Gasteiger partial charge in [0.2, 0.25) is 0 Å². The zero-order valence-corrected chi connectivity index (χ0v) is 6.26. The molecule has 1 heterocycles. The SMILES string of the molecule is Cl.Cn1cccc1C(=O)O. The first-order chi connectivity index (χ1) is 4.22. The summed E-state index contributed by atoms with van der Waals surface area (Å²) in [5, 5.41) is 8.43. The van der Waals surface area contributed by atoms with Gasteiger partial charge in [-0.15, -0.1) is 12.4 Å². The standard InChI is InChI=1S/C6H7NO2.ClH/c1-7-4-2-3-5(7)6(8)9;/h2-4H,1H3,(H,8,9);1H. The minimum absolute atomic E-state index is 0. The number of rotatable bonds is 1. The van der Waals surface area contributed by atoms with Gasteiger partial charge in [0, 0.05) is 13.2 Å². The van der Waals surface area contributed by atoms with Crippen molar-refractivity contribution in [1.29, 1.82) is 0 Å². The molecule has 1 aromatic rings. The van der Waals surface area contributed by atoms with Gasteiger partial charge >= 0.3 is 5.97 Å². The van der Waals surface area contributed by atoms with Crippen molar-refractivity contribution in [1.82, 2.24) is 4.57 Å². The molecule has 0 saturated heterocycles. The molecule has 0 aromatic carbocycles. The van der Waals surface area contributed by atoms with Crippen molar-refractivity contribution in [2.24, 2.45) is 7.05 Å². The lowest BCUT2D eigenvalue weighted by atomic mass is 10.4. The van der Waals surface area contributed by atoms with Crippen molar-refractivity contribution in [2.75, 3.05) is 0 Å². The fourth-order valence-electron chi connectivity index (χ4n) is 0.683. The fourth-order valence-corrected chi connectivity index (χ4v) is 0.683. The van der Waals surface area contributed by atoms with E-state index in [0.29, 0.717) is 5.69 Å². The third-order valence-electron chi connectivity index (χ3n) is 1.16. The lowest BCUT2D eigenvalue weighted by molar-refractivity contribution is 0.0686. The molecule has 0 aliphatic heterocycles. The van der Waals surface area contributed by atoms with E-state index in [1.165, 1.54) is 0 Å². The summed E-state index contributed by atoms with van der Waals surface area (Å²) in [6, 6.07) is 3.26. The first-order valence-corrected chi connectivity index (χ1v) is 2.56. The van der Waals surface area contributed by atoms with Gasteiger partial charge in [-0.2, -0.15) is 0 Å². The molecule has 3 nitrogen and oxygen atoms in total. The Labute approximate surface area is 64.7 Å². The number of aromatic nitrogens is 1. The molecule has 0 atom stereocenters. The summed E-state index contributed by atoms with van der Waals surface area (Å²) in [4.78, 5) is 10.3. The molecule has 56 valence electrons. The number of hydrogen-bond acceptors (Lipinski definition) is 1. The third-order valence-corrected chi connectivity index (χ3v) is 1.16. The van der Waals surface area contributed by atoms with Crippen LogP contribution in [0, 0.1) is 0 Å². The summed E-state index contributed by atoms with van der Waals surface area (Å²) >= 11 is 0. The molecular weight excluding hydrogens is 154 g/mol. The number of halogens is 1. The van der Waals surface area contributed by atoms with Gasteiger partial charge in [0.15, 0.2) is 0 Å². The average Bonchev–Trinajstić information content (AvgIpc) is 2.13. The van der Waals surface area contributed by atoms with Gasteiger partial charge in [0.05, 0.1) is 0 Å². The van der Waals surface area contributed by atoms with E-state index < -0.39 is 5.97 Å². The summed E-state index contributed by atoms with van der Waals surface area (Å²) in [6.45, 7) is 0. The molecule has 0 amide bonds. The second-order valence-electron chi connectivity index (χ2n) is 1.81. The number of carbonyl (C=O) groups is 1. The van der Waals surface area contributed by atoms with Crippen molar-refractivity contribution in [3.63, 3.8) is 0 Å². The van der Waals surface area contributed by atoms with Crippen LogP contribution in [0.2, 0.25) is 0 Å². The molecule has 1 rings (SSSR count). The predicted molar refractivity (Wildman–Crippen MR) is 39.6 cm³/mol. The van der Waals surface area contributed by atoms with Gasteiger partial charge in [-0.3, -0.25) is 0 Å². The van der Waals surface area contributed by atoms with Crippen LogP contribution in [0.4, 0.5) is 0 Å². The summed E-state index contributed by atoms with van der Waals surface area (Å²) in [5.74, 6) is -0.887. The van der Waals surface area contributed by atoms with E-state index >= 15 is 0 Å². The normalized spacial score (nSPS) is 8.50. The minimum atomic E-state index is -0.887. The molecular formula is C6H8ClNO2. The van der Waals surface area contributed by atoms with Crippen molar-refractivity contribution in [3.8, 4) is 0 Å². The second kappa shape index (κ2) is 3.27. The van der Waals surface area contributed by atoms with Crippen LogP contribution >= 0.6 is 12.4 Å². The zero-order chi connectivity index (χ0) is 6.85. The molecule has 4 heteroatoms. The Bertz CT molecular complexity index is 231. The maximum absolute atomic E-state index is 10.3. The molecule has 0 aliphatic rings. The monoisotopic (exact) mass is 161 g/mol. The Balaban J connectivity index is 0.000000810. The van der Waals surface area contributed by atoms with E-state index in [1.807, 2.05) is 0 Å². The number of nitrogens with zero attached hydrogens (tertiary/aromatic N) is 1. The molecule has 0 saturated carbocycles. The van der Waals surface area contributed by atoms with Gasteiger partial charge in [0.1, 0.15) is 5.69 Å². The largest absolute Gasteiger partial charge is 0.477 e. The molecule has 0 spiro atoms. The van der Waals surface area contributed by atoms with Gasteiger partial charge in [-0.1, -0.05) is 0 Å². The highest BCUT2D eigenvalue weighted by atomic mass is 35.5. The lowest BCUT2D eigenvalue weighted by Gasteiger charge is -1.93. The van der Waals surface area contributed by atoms with Gasteiger partial charge < -0.3 is 9.67 Å². The van der Waals surface area contributed by atoms with E-state index in [0.717, 1.165) is 0 Å². The van der Waals surface area contributed by atoms with Crippen molar-refractivity contribution in [2.45, 2.75) is 0 Å². The predicted octanol–water partition coefficient (Wildman–Crippen LogP) is 1.15. The first-order valence-electron chi connectivity index (χ1n) is 2.56. The molecule has 0 fully saturated rings. The molecule has 0 bridgehead atoms. The van der Waals surface area contributed by atoms with E-state index in [2.05, 4.69) is 0 Å². The van der Waals surface area contributed by atoms with Crippen molar-refractivity contribution < 1.29 is 9.90 Å². The highest BCUT2D eigenvalue weighted by Crippen LogP contribution is 1.97. The van der Waals surface area contributed by atoms with Crippen LogP contribution < -0.4 is 0 Å². The Hall–Kier alpha value is -0.960. The van der Waals surface area contributed by atoms with Gasteiger partial charge in [0.25, 0.3) is 0 Å². The number of carboxylic acid groups (broad SMARTS) is 1. The minimum Gasteiger partial charge on any atom is -0.477 e. The van der Waals surface area contributed by atoms with Crippen LogP contribution in [0.15, 0.2) is 18.3 Å². The summed E-state index contributed by atoms with van der Waals surface area (Å²) in [7, 11) is 1.70. The number of aryl methyl sites for hydroxylation is 1. The highest BCUT2D eigenvalue weighted by Gasteiger charge is 2.03. The second-order valence-corrected chi connectivity index (χ2v) is 1.81. The Morgan fingerprint density at radius 3 is 2.50 bits per heavy atom. The zero-order valence-electron chi connectivity index (χ0n) is 5.44. The fraction of sp³-hybridized carbons (Fsp3) is 0.167. The summed E-state index contributed by atoms with van der Waals surface area (Å²) < 4.78 is 1.56. The Morgan fingerprint density at radius 2 is 2.30 bits per heavy atom. The molecule has 1 aromatic heterocycles. The molecule has 0 unspecified atom stereocenters. The van der Waals surface area contributed by atoms with Crippen LogP contribution in [-0.2, 0) is 7.05 Å². The van der Waals surface area contributed by atoms with E-state index in [-0.39, 0.29) is 12.4 Å². The van der Waals surface area contributed by atoms with E-state index in [1.54, 1.807) is 29.9 Å². The molecule has 0 radical (unpaired) electrons. The summed E-state index contributed by atoms with van der Waals surface area (Å²) in [5.41, 5.74) is 0.315. The number of hydrogen-bond donors (Lipinski definition) is 1. The maximum Gasteiger partial charge on any atom is 0.352 e. The van der Waals surface area contributed by atoms with Crippen LogP contribution in [0.5, 0.6) is 0 Å². The highest BCUT2D eigenvalue weighted by molar-refractivity contribution is 5.85. The van der Waals surface area contributed by atoms with Crippen molar-refractivity contribution >= 4 is 18.4 Å². The molecule has 10 heavy (non-hydrogen) atoms. The molecule has 1 N–H and O–H groups in total. The van der Waals surface area contributed by atoms with Crippen LogP contribution in [0.3, 0.4) is 0 Å². The topological polar surface area (TPSA) is 42.2 Å².